The molecule has 0 aromatic heterocycles. The van der Waals surface area contributed by atoms with Gasteiger partial charge in [0.05, 0.1) is 13.2 Å². The Hall–Kier alpha value is -0.200. The Morgan fingerprint density at radius 1 is 1.00 bits per heavy atom. The van der Waals surface area contributed by atoms with Gasteiger partial charge in [-0.05, 0) is 6.92 Å². The Morgan fingerprint density at radius 2 is 1.62 bits per heavy atom. The average Bonchev–Trinajstić information content (AvgIpc) is 2.20. The molecule has 0 aromatic carbocycles. The molecule has 6 heteroatoms. The van der Waals surface area contributed by atoms with Crippen LogP contribution in [0.5, 0.6) is 0 Å². The fourth-order valence-electron chi connectivity index (χ4n) is 0.748. The third-order valence-corrected chi connectivity index (χ3v) is 3.80. The number of esters is 1. The van der Waals surface area contributed by atoms with Crippen molar-refractivity contribution in [3.63, 3.8) is 0 Å². The number of ketones is 1. The van der Waals surface area contributed by atoms with Crippen molar-refractivity contribution in [3.05, 3.63) is 0 Å². The van der Waals surface area contributed by atoms with Gasteiger partial charge in [-0.3, -0.25) is 9.59 Å². The van der Waals surface area contributed by atoms with Gasteiger partial charge in [0.2, 0.25) is 0 Å². The topological polar surface area (TPSA) is 52.6 Å². The summed E-state index contributed by atoms with van der Waals surface area (Å²) in [5.41, 5.74) is 0. The van der Waals surface area contributed by atoms with E-state index in [1.54, 1.807) is 28.5 Å². The summed E-state index contributed by atoms with van der Waals surface area (Å²) < 4.78 is 10.0. The molecular formula is C10H18O4S2. The summed E-state index contributed by atoms with van der Waals surface area (Å²) in [6, 6.07) is 0. The highest BCUT2D eigenvalue weighted by Crippen LogP contribution is 2.20. The lowest BCUT2D eigenvalue weighted by Crippen LogP contribution is -2.03. The predicted molar refractivity (Wildman–Crippen MR) is 67.7 cm³/mol. The van der Waals surface area contributed by atoms with Crippen LogP contribution < -0.4 is 0 Å². The summed E-state index contributed by atoms with van der Waals surface area (Å²) in [5.74, 6) is 1.59. The Kier molecular flexibility index (Phi) is 11.1. The van der Waals surface area contributed by atoms with Gasteiger partial charge < -0.3 is 9.47 Å². The van der Waals surface area contributed by atoms with Crippen molar-refractivity contribution in [2.45, 2.75) is 20.3 Å². The normalized spacial score (nSPS) is 10.1. The van der Waals surface area contributed by atoms with E-state index in [1.165, 1.54) is 6.92 Å². The third-order valence-electron chi connectivity index (χ3n) is 1.46. The molecule has 94 valence electrons. The summed E-state index contributed by atoms with van der Waals surface area (Å²) in [5, 5.41) is 0. The van der Waals surface area contributed by atoms with Gasteiger partial charge in [-0.25, -0.2) is 0 Å². The van der Waals surface area contributed by atoms with E-state index in [1.807, 2.05) is 0 Å². The van der Waals surface area contributed by atoms with E-state index in [0.29, 0.717) is 26.2 Å². The summed E-state index contributed by atoms with van der Waals surface area (Å²) in [7, 11) is 3.33. The first kappa shape index (κ1) is 15.8. The van der Waals surface area contributed by atoms with Crippen molar-refractivity contribution in [3.8, 4) is 0 Å². The second kappa shape index (κ2) is 11.3. The van der Waals surface area contributed by atoms with Gasteiger partial charge in [0.15, 0.2) is 0 Å². The zero-order valence-corrected chi connectivity index (χ0v) is 11.3. The number of carbonyl (C=O) groups excluding carboxylic acids is 2. The maximum Gasteiger partial charge on any atom is 0.302 e. The summed E-state index contributed by atoms with van der Waals surface area (Å²) in [6.07, 6.45) is 0.490. The molecule has 0 fully saturated rings. The van der Waals surface area contributed by atoms with Gasteiger partial charge in [-0.2, -0.15) is 0 Å². The van der Waals surface area contributed by atoms with Crippen LogP contribution >= 0.6 is 21.6 Å². The van der Waals surface area contributed by atoms with E-state index < -0.39 is 0 Å². The van der Waals surface area contributed by atoms with Crippen LogP contribution in [0.25, 0.3) is 0 Å². The highest BCUT2D eigenvalue weighted by molar-refractivity contribution is 8.76. The van der Waals surface area contributed by atoms with Crippen LogP contribution in [-0.2, 0) is 19.1 Å². The second-order valence-corrected chi connectivity index (χ2v) is 5.75. The summed E-state index contributed by atoms with van der Waals surface area (Å²) >= 11 is 0. The van der Waals surface area contributed by atoms with Gasteiger partial charge in [0.1, 0.15) is 12.4 Å². The van der Waals surface area contributed by atoms with Gasteiger partial charge in [0, 0.05) is 24.9 Å². The Labute approximate surface area is 104 Å². The molecule has 0 aliphatic heterocycles. The number of carbonyl (C=O) groups is 2. The maximum absolute atomic E-state index is 10.6. The zero-order valence-electron chi connectivity index (χ0n) is 9.69. The quantitative estimate of drug-likeness (QED) is 0.342. The van der Waals surface area contributed by atoms with E-state index >= 15 is 0 Å². The minimum Gasteiger partial charge on any atom is -0.465 e. The highest BCUT2D eigenvalue weighted by Gasteiger charge is 1.96. The predicted octanol–water partition coefficient (Wildman–Crippen LogP) is 1.93. The fraction of sp³-hybridized carbons (Fsp3) is 0.800. The molecular weight excluding hydrogens is 248 g/mol. The molecule has 0 saturated carbocycles. The maximum atomic E-state index is 10.6. The van der Waals surface area contributed by atoms with E-state index in [0.717, 1.165) is 11.5 Å². The van der Waals surface area contributed by atoms with E-state index in [2.05, 4.69) is 0 Å². The molecule has 16 heavy (non-hydrogen) atoms. The molecule has 0 heterocycles. The van der Waals surface area contributed by atoms with Crippen LogP contribution in [0.2, 0.25) is 0 Å². The lowest BCUT2D eigenvalue weighted by molar-refractivity contribution is -0.140. The first-order valence-electron chi connectivity index (χ1n) is 5.08. The first-order chi connectivity index (χ1) is 7.63. The zero-order chi connectivity index (χ0) is 12.2. The molecule has 0 radical (unpaired) electrons. The Balaban J connectivity index is 2.98. The van der Waals surface area contributed by atoms with E-state index in [-0.39, 0.29) is 11.8 Å². The Bertz CT molecular complexity index is 187. The number of ether oxygens (including phenoxy) is 2. The van der Waals surface area contributed by atoms with Gasteiger partial charge in [-0.1, -0.05) is 21.6 Å². The van der Waals surface area contributed by atoms with Crippen molar-refractivity contribution in [2.24, 2.45) is 0 Å². The number of rotatable bonds is 10. The SMILES string of the molecule is CC(=O)CCOCCSSCCOC(C)=O. The van der Waals surface area contributed by atoms with Crippen molar-refractivity contribution in [1.82, 2.24) is 0 Å². The third kappa shape index (κ3) is 13.8. The van der Waals surface area contributed by atoms with Crippen LogP contribution in [0, 0.1) is 0 Å². The van der Waals surface area contributed by atoms with Crippen LogP contribution in [0.4, 0.5) is 0 Å². The standard InChI is InChI=1S/C10H18O4S2/c1-9(11)3-4-13-5-7-15-16-8-6-14-10(2)12/h3-8H2,1-2H3. The van der Waals surface area contributed by atoms with Crippen LogP contribution in [0.1, 0.15) is 20.3 Å². The molecule has 4 nitrogen and oxygen atoms in total. The van der Waals surface area contributed by atoms with Crippen molar-refractivity contribution >= 4 is 33.3 Å². The largest absolute Gasteiger partial charge is 0.465 e. The second-order valence-electron chi connectivity index (χ2n) is 3.05. The molecule has 0 rings (SSSR count). The molecule has 0 spiro atoms. The molecule has 0 atom stereocenters. The number of Topliss-reactive ketones (excluding diaryl/α,β-unsaturated/α-hetero) is 1. The minimum atomic E-state index is -0.238. The van der Waals surface area contributed by atoms with Crippen molar-refractivity contribution < 1.29 is 19.1 Å². The number of hydrogen-bond donors (Lipinski definition) is 0. The fourth-order valence-corrected chi connectivity index (χ4v) is 2.44. The molecule has 0 aliphatic carbocycles. The van der Waals surface area contributed by atoms with Crippen LogP contribution in [0.3, 0.4) is 0 Å². The average molecular weight is 266 g/mol. The molecule has 0 N–H and O–H groups in total. The smallest absolute Gasteiger partial charge is 0.302 e. The van der Waals surface area contributed by atoms with Gasteiger partial charge >= 0.3 is 5.97 Å². The molecule has 0 aliphatic rings. The molecule has 0 unspecified atom stereocenters. The van der Waals surface area contributed by atoms with Crippen LogP contribution in [-0.4, -0.2) is 43.1 Å². The van der Waals surface area contributed by atoms with E-state index in [9.17, 15) is 9.59 Å². The number of hydrogen-bond acceptors (Lipinski definition) is 6. The Morgan fingerprint density at radius 3 is 2.19 bits per heavy atom. The van der Waals surface area contributed by atoms with Gasteiger partial charge in [0.25, 0.3) is 0 Å². The highest BCUT2D eigenvalue weighted by atomic mass is 33.1. The molecule has 0 amide bonds. The molecule has 0 bridgehead atoms. The summed E-state index contributed by atoms with van der Waals surface area (Å²) in [4.78, 5) is 21.0. The lowest BCUT2D eigenvalue weighted by Gasteiger charge is -2.03. The first-order valence-corrected chi connectivity index (χ1v) is 7.56. The van der Waals surface area contributed by atoms with Crippen molar-refractivity contribution in [1.29, 1.82) is 0 Å². The summed E-state index contributed by atoms with van der Waals surface area (Å²) in [6.45, 7) is 4.58. The van der Waals surface area contributed by atoms with Gasteiger partial charge in [-0.15, -0.1) is 0 Å². The molecule has 0 aromatic rings. The minimum absolute atomic E-state index is 0.156. The van der Waals surface area contributed by atoms with E-state index in [4.69, 9.17) is 9.47 Å². The molecule has 0 saturated heterocycles. The lowest BCUT2D eigenvalue weighted by atomic mass is 10.3. The van der Waals surface area contributed by atoms with Crippen LogP contribution in [0.15, 0.2) is 0 Å². The monoisotopic (exact) mass is 266 g/mol. The van der Waals surface area contributed by atoms with Crippen molar-refractivity contribution in [2.75, 3.05) is 31.3 Å².